The van der Waals surface area contributed by atoms with Crippen LogP contribution < -0.4 is 19.7 Å². The second-order valence-corrected chi connectivity index (χ2v) is 9.53. The summed E-state index contributed by atoms with van der Waals surface area (Å²) in [6, 6.07) is 13.8. The van der Waals surface area contributed by atoms with Gasteiger partial charge in [-0.2, -0.15) is 0 Å². The zero-order valence-electron chi connectivity index (χ0n) is 18.5. The van der Waals surface area contributed by atoms with E-state index >= 15 is 0 Å². The fourth-order valence-electron chi connectivity index (χ4n) is 4.53. The smallest absolute Gasteiger partial charge is 0.248 e. The van der Waals surface area contributed by atoms with E-state index < -0.39 is 11.9 Å². The topological polar surface area (TPSA) is 67.9 Å². The molecule has 2 aliphatic rings. The molecule has 8 heteroatoms. The van der Waals surface area contributed by atoms with Crippen molar-refractivity contribution >= 4 is 28.8 Å². The van der Waals surface area contributed by atoms with Crippen molar-refractivity contribution in [3.05, 3.63) is 76.2 Å². The Labute approximate surface area is 201 Å². The fraction of sp³-hybridized carbons (Fsp3) is 0.308. The maximum atomic E-state index is 13.8. The third kappa shape index (κ3) is 4.77. The molecule has 1 atom stereocenters. The Morgan fingerprint density at radius 1 is 1.06 bits per heavy atom. The molecule has 1 saturated carbocycles. The molecule has 0 unspecified atom stereocenters. The molecule has 3 aromatic rings. The van der Waals surface area contributed by atoms with E-state index in [0.717, 1.165) is 30.6 Å². The lowest BCUT2D eigenvalue weighted by Crippen LogP contribution is -2.46. The summed E-state index contributed by atoms with van der Waals surface area (Å²) in [7, 11) is 0. The number of anilines is 1. The van der Waals surface area contributed by atoms with Crippen molar-refractivity contribution < 1.29 is 23.5 Å². The summed E-state index contributed by atoms with van der Waals surface area (Å²) in [5.74, 6) is 0.176. The molecule has 5 rings (SSSR count). The summed E-state index contributed by atoms with van der Waals surface area (Å²) in [4.78, 5) is 29.8. The predicted molar refractivity (Wildman–Crippen MR) is 128 cm³/mol. The van der Waals surface area contributed by atoms with Gasteiger partial charge in [0.15, 0.2) is 11.5 Å². The molecule has 2 amide bonds. The first-order valence-electron chi connectivity index (χ1n) is 11.4. The number of hydrogen-bond donors (Lipinski definition) is 1. The van der Waals surface area contributed by atoms with Gasteiger partial charge in [0.25, 0.3) is 0 Å². The molecule has 0 bridgehead atoms. The van der Waals surface area contributed by atoms with Gasteiger partial charge in [-0.15, -0.1) is 11.3 Å². The lowest BCUT2D eigenvalue weighted by Gasteiger charge is -2.32. The number of thiophene rings is 1. The number of ether oxygens (including phenoxy) is 2. The maximum absolute atomic E-state index is 13.8. The Morgan fingerprint density at radius 3 is 2.56 bits per heavy atom. The van der Waals surface area contributed by atoms with E-state index in [1.54, 1.807) is 30.3 Å². The molecule has 0 saturated heterocycles. The first-order valence-corrected chi connectivity index (χ1v) is 12.3. The van der Waals surface area contributed by atoms with Crippen molar-refractivity contribution in [1.29, 1.82) is 0 Å². The third-order valence-corrected chi connectivity index (χ3v) is 7.08. The highest BCUT2D eigenvalue weighted by atomic mass is 32.1. The Kier molecular flexibility index (Phi) is 6.49. The highest BCUT2D eigenvalue weighted by Crippen LogP contribution is 2.38. The molecule has 2 aromatic carbocycles. The molecule has 0 radical (unpaired) electrons. The Bertz CT molecular complexity index is 1160. The zero-order chi connectivity index (χ0) is 23.5. The number of rotatable bonds is 7. The van der Waals surface area contributed by atoms with Gasteiger partial charge in [0.2, 0.25) is 18.6 Å². The predicted octanol–water partition coefficient (Wildman–Crippen LogP) is 4.99. The van der Waals surface area contributed by atoms with Crippen LogP contribution in [0.25, 0.3) is 0 Å². The number of carbonyl (C=O) groups is 2. The van der Waals surface area contributed by atoms with E-state index in [-0.39, 0.29) is 31.1 Å². The van der Waals surface area contributed by atoms with Crippen LogP contribution in [0.4, 0.5) is 10.1 Å². The van der Waals surface area contributed by atoms with Gasteiger partial charge >= 0.3 is 0 Å². The Balaban J connectivity index is 1.56. The third-order valence-electron chi connectivity index (χ3n) is 6.20. The van der Waals surface area contributed by atoms with Gasteiger partial charge in [-0.1, -0.05) is 31.0 Å². The monoisotopic (exact) mass is 480 g/mol. The van der Waals surface area contributed by atoms with E-state index in [9.17, 15) is 14.0 Å². The molecule has 1 aliphatic heterocycles. The van der Waals surface area contributed by atoms with Gasteiger partial charge in [-0.25, -0.2) is 4.39 Å². The lowest BCUT2D eigenvalue weighted by atomic mass is 10.0. The van der Waals surface area contributed by atoms with Crippen LogP contribution in [-0.4, -0.2) is 24.6 Å². The minimum Gasteiger partial charge on any atom is -0.454 e. The van der Waals surface area contributed by atoms with Crippen molar-refractivity contribution in [3.63, 3.8) is 0 Å². The molecule has 176 valence electrons. The van der Waals surface area contributed by atoms with Crippen molar-refractivity contribution in [1.82, 2.24) is 5.32 Å². The van der Waals surface area contributed by atoms with Crippen LogP contribution in [0, 0.1) is 5.82 Å². The first-order chi connectivity index (χ1) is 16.6. The lowest BCUT2D eigenvalue weighted by molar-refractivity contribution is -0.127. The number of carbonyl (C=O) groups excluding carboxylic acids is 2. The second kappa shape index (κ2) is 9.85. The van der Waals surface area contributed by atoms with Crippen molar-refractivity contribution in [2.75, 3.05) is 11.7 Å². The molecule has 0 spiro atoms. The van der Waals surface area contributed by atoms with Gasteiger partial charge in [-0.05, 0) is 54.1 Å². The molecule has 2 heterocycles. The van der Waals surface area contributed by atoms with Crippen LogP contribution in [0.5, 0.6) is 11.5 Å². The molecule has 34 heavy (non-hydrogen) atoms. The molecular weight excluding hydrogens is 455 g/mol. The van der Waals surface area contributed by atoms with E-state index in [2.05, 4.69) is 5.32 Å². The summed E-state index contributed by atoms with van der Waals surface area (Å²) in [5, 5.41) is 5.04. The van der Waals surface area contributed by atoms with Crippen LogP contribution in [0.2, 0.25) is 0 Å². The van der Waals surface area contributed by atoms with E-state index in [1.807, 2.05) is 17.5 Å². The standard InChI is InChI=1S/C26H25FN2O4S/c27-18-9-7-17(8-10-18)25(26(31)28-19-4-1-2-5-19)29(24(30)15-21-6-3-13-34-21)20-11-12-22-23(14-20)33-16-32-22/h3,6-14,19,25H,1-2,4-5,15-16H2,(H,28,31)/t25-/m1/s1. The van der Waals surface area contributed by atoms with Crippen molar-refractivity contribution in [2.24, 2.45) is 0 Å². The van der Waals surface area contributed by atoms with Crippen molar-refractivity contribution in [2.45, 2.75) is 44.2 Å². The normalized spacial score (nSPS) is 15.8. The van der Waals surface area contributed by atoms with E-state index in [1.165, 1.54) is 28.4 Å². The van der Waals surface area contributed by atoms with Crippen LogP contribution in [-0.2, 0) is 16.0 Å². The maximum Gasteiger partial charge on any atom is 0.248 e. The SMILES string of the molecule is O=C(NC1CCCC1)[C@@H](c1ccc(F)cc1)N(C(=O)Cc1cccs1)c1ccc2c(c1)OCO2. The molecule has 1 aromatic heterocycles. The zero-order valence-corrected chi connectivity index (χ0v) is 19.4. The molecule has 1 fully saturated rings. The molecule has 6 nitrogen and oxygen atoms in total. The number of amides is 2. The molecule has 1 aliphatic carbocycles. The largest absolute Gasteiger partial charge is 0.454 e. The van der Waals surface area contributed by atoms with Crippen LogP contribution in [0.15, 0.2) is 60.0 Å². The van der Waals surface area contributed by atoms with E-state index in [0.29, 0.717) is 22.7 Å². The summed E-state index contributed by atoms with van der Waals surface area (Å²) in [5.41, 5.74) is 1.05. The highest BCUT2D eigenvalue weighted by Gasteiger charge is 2.35. The van der Waals surface area contributed by atoms with Crippen LogP contribution in [0.3, 0.4) is 0 Å². The van der Waals surface area contributed by atoms with Crippen LogP contribution in [0.1, 0.15) is 42.2 Å². The highest BCUT2D eigenvalue weighted by molar-refractivity contribution is 7.10. The van der Waals surface area contributed by atoms with E-state index in [4.69, 9.17) is 9.47 Å². The quantitative estimate of drug-likeness (QED) is 0.517. The summed E-state index contributed by atoms with van der Waals surface area (Å²) in [6.07, 6.45) is 4.09. The molecule has 1 N–H and O–H groups in total. The van der Waals surface area contributed by atoms with Gasteiger partial charge in [0, 0.05) is 22.7 Å². The summed E-state index contributed by atoms with van der Waals surface area (Å²) >= 11 is 1.49. The molecular formula is C26H25FN2O4S. The number of nitrogens with one attached hydrogen (secondary N) is 1. The van der Waals surface area contributed by atoms with Gasteiger partial charge in [0.1, 0.15) is 11.9 Å². The summed E-state index contributed by atoms with van der Waals surface area (Å²) in [6.45, 7) is 0.103. The number of benzene rings is 2. The first kappa shape index (κ1) is 22.4. The number of nitrogens with zero attached hydrogens (tertiary/aromatic N) is 1. The average Bonchev–Trinajstić information content (AvgIpc) is 3.61. The second-order valence-electron chi connectivity index (χ2n) is 8.50. The Morgan fingerprint density at radius 2 is 1.82 bits per heavy atom. The minimum absolute atomic E-state index is 0.0708. The Hall–Kier alpha value is -3.39. The number of halogens is 1. The number of hydrogen-bond acceptors (Lipinski definition) is 5. The van der Waals surface area contributed by atoms with Gasteiger partial charge in [0.05, 0.1) is 6.42 Å². The number of fused-ring (bicyclic) bond motifs is 1. The van der Waals surface area contributed by atoms with Gasteiger partial charge in [-0.3, -0.25) is 14.5 Å². The van der Waals surface area contributed by atoms with Gasteiger partial charge < -0.3 is 14.8 Å². The van der Waals surface area contributed by atoms with Crippen LogP contribution >= 0.6 is 11.3 Å². The average molecular weight is 481 g/mol. The minimum atomic E-state index is -0.964. The fourth-order valence-corrected chi connectivity index (χ4v) is 5.23. The summed E-state index contributed by atoms with van der Waals surface area (Å²) < 4.78 is 24.7. The van der Waals surface area contributed by atoms with Crippen molar-refractivity contribution in [3.8, 4) is 11.5 Å².